The van der Waals surface area contributed by atoms with Crippen LogP contribution in [0.3, 0.4) is 0 Å². The van der Waals surface area contributed by atoms with Crippen molar-refractivity contribution in [3.63, 3.8) is 0 Å². The van der Waals surface area contributed by atoms with Crippen molar-refractivity contribution >= 4 is 23.5 Å². The maximum Gasteiger partial charge on any atom is 0.262 e. The van der Waals surface area contributed by atoms with Crippen molar-refractivity contribution in [3.05, 3.63) is 77.7 Å². The highest BCUT2D eigenvalue weighted by molar-refractivity contribution is 6.22. The minimum atomic E-state index is -0.493. The van der Waals surface area contributed by atoms with E-state index in [1.165, 1.54) is 0 Å². The van der Waals surface area contributed by atoms with E-state index in [1.807, 2.05) is 18.2 Å². The number of imide groups is 1. The van der Waals surface area contributed by atoms with Crippen molar-refractivity contribution < 1.29 is 14.4 Å². The number of hydrogen-bond donors (Lipinski definition) is 1. The third-order valence-electron chi connectivity index (χ3n) is 4.14. The predicted octanol–water partition coefficient (Wildman–Crippen LogP) is 1.56. The van der Waals surface area contributed by atoms with E-state index >= 15 is 0 Å². The van der Waals surface area contributed by atoms with Crippen molar-refractivity contribution in [2.45, 2.75) is 6.54 Å². The molecule has 4 rings (SSSR count). The zero-order valence-electron chi connectivity index (χ0n) is 14.2. The average molecular weight is 361 g/mol. The summed E-state index contributed by atoms with van der Waals surface area (Å²) in [5.74, 6) is -1.09. The number of aromatic nitrogens is 3. The lowest BCUT2D eigenvalue weighted by Gasteiger charge is -2.12. The molecule has 0 bridgehead atoms. The van der Waals surface area contributed by atoms with Gasteiger partial charge in [0.25, 0.3) is 11.8 Å². The van der Waals surface area contributed by atoms with E-state index in [9.17, 15) is 14.4 Å². The Kier molecular flexibility index (Phi) is 4.21. The van der Waals surface area contributed by atoms with Gasteiger partial charge in [0, 0.05) is 18.5 Å². The number of carbonyl (C=O) groups is 3. The SMILES string of the molecule is O=C(CN1C(=O)c2ccccc2C1=O)Nc1ccn(Cc2ccccn2)n1. The molecule has 1 N–H and O–H groups in total. The molecular weight excluding hydrogens is 346 g/mol. The Morgan fingerprint density at radius 1 is 0.963 bits per heavy atom. The summed E-state index contributed by atoms with van der Waals surface area (Å²) in [6.45, 7) is 0.106. The van der Waals surface area contributed by atoms with E-state index in [2.05, 4.69) is 15.4 Å². The van der Waals surface area contributed by atoms with Gasteiger partial charge in [-0.25, -0.2) is 0 Å². The molecule has 1 aromatic carbocycles. The molecule has 8 nitrogen and oxygen atoms in total. The number of nitrogens with zero attached hydrogens (tertiary/aromatic N) is 4. The van der Waals surface area contributed by atoms with Crippen LogP contribution >= 0.6 is 0 Å². The number of amides is 3. The Balaban J connectivity index is 1.39. The van der Waals surface area contributed by atoms with E-state index in [1.54, 1.807) is 47.4 Å². The number of rotatable bonds is 5. The second kappa shape index (κ2) is 6.83. The zero-order chi connectivity index (χ0) is 18.8. The normalized spacial score (nSPS) is 13.0. The Morgan fingerprint density at radius 3 is 2.33 bits per heavy atom. The fourth-order valence-corrected chi connectivity index (χ4v) is 2.88. The van der Waals surface area contributed by atoms with E-state index in [4.69, 9.17) is 0 Å². The molecule has 0 fully saturated rings. The van der Waals surface area contributed by atoms with Crippen LogP contribution in [0.25, 0.3) is 0 Å². The van der Waals surface area contributed by atoms with Crippen molar-refractivity contribution in [2.24, 2.45) is 0 Å². The van der Waals surface area contributed by atoms with Crippen LogP contribution in [0.5, 0.6) is 0 Å². The van der Waals surface area contributed by atoms with Crippen LogP contribution in [0, 0.1) is 0 Å². The van der Waals surface area contributed by atoms with Gasteiger partial charge < -0.3 is 5.32 Å². The van der Waals surface area contributed by atoms with Gasteiger partial charge in [0.05, 0.1) is 23.4 Å². The summed E-state index contributed by atoms with van der Waals surface area (Å²) in [5, 5.41) is 6.86. The first-order chi connectivity index (χ1) is 13.1. The molecule has 3 aromatic rings. The highest BCUT2D eigenvalue weighted by atomic mass is 16.2. The lowest BCUT2D eigenvalue weighted by Crippen LogP contribution is -2.37. The molecule has 8 heteroatoms. The summed E-state index contributed by atoms with van der Waals surface area (Å²) in [6, 6.07) is 13.8. The molecule has 0 radical (unpaired) electrons. The topological polar surface area (TPSA) is 97.2 Å². The standard InChI is InChI=1S/C19H15N5O3/c25-17(12-24-18(26)14-6-1-2-7-15(14)19(24)27)21-16-8-10-23(22-16)11-13-5-3-4-9-20-13/h1-10H,11-12H2,(H,21,22,25). The van der Waals surface area contributed by atoms with E-state index in [0.29, 0.717) is 23.5 Å². The molecule has 0 spiro atoms. The zero-order valence-corrected chi connectivity index (χ0v) is 14.2. The number of carbonyl (C=O) groups excluding carboxylic acids is 3. The number of benzene rings is 1. The lowest BCUT2D eigenvalue weighted by atomic mass is 10.1. The van der Waals surface area contributed by atoms with Crippen LogP contribution in [0.15, 0.2) is 60.9 Å². The summed E-state index contributed by atoms with van der Waals surface area (Å²) in [5.41, 5.74) is 1.47. The molecule has 0 saturated heterocycles. The lowest BCUT2D eigenvalue weighted by molar-refractivity contribution is -0.116. The van der Waals surface area contributed by atoms with Crippen molar-refractivity contribution in [1.82, 2.24) is 19.7 Å². The van der Waals surface area contributed by atoms with Gasteiger partial charge in [-0.1, -0.05) is 18.2 Å². The molecule has 1 aliphatic heterocycles. The number of pyridine rings is 1. The van der Waals surface area contributed by atoms with E-state index in [-0.39, 0.29) is 6.54 Å². The van der Waals surface area contributed by atoms with Crippen molar-refractivity contribution in [2.75, 3.05) is 11.9 Å². The molecule has 0 aliphatic carbocycles. The van der Waals surface area contributed by atoms with Gasteiger partial charge in [-0.05, 0) is 24.3 Å². The van der Waals surface area contributed by atoms with Gasteiger partial charge in [-0.2, -0.15) is 5.10 Å². The van der Waals surface area contributed by atoms with Gasteiger partial charge in [0.2, 0.25) is 5.91 Å². The van der Waals surface area contributed by atoms with Gasteiger partial charge >= 0.3 is 0 Å². The number of hydrogen-bond acceptors (Lipinski definition) is 5. The highest BCUT2D eigenvalue weighted by Gasteiger charge is 2.36. The molecule has 0 atom stereocenters. The summed E-state index contributed by atoms with van der Waals surface area (Å²) >= 11 is 0. The van der Waals surface area contributed by atoms with E-state index < -0.39 is 17.7 Å². The molecule has 0 unspecified atom stereocenters. The Morgan fingerprint density at radius 2 is 1.67 bits per heavy atom. The fraction of sp³-hybridized carbons (Fsp3) is 0.105. The van der Waals surface area contributed by atoms with E-state index in [0.717, 1.165) is 10.6 Å². The first-order valence-corrected chi connectivity index (χ1v) is 8.30. The predicted molar refractivity (Wildman–Crippen MR) is 96.0 cm³/mol. The summed E-state index contributed by atoms with van der Waals surface area (Å²) < 4.78 is 1.64. The van der Waals surface area contributed by atoms with Crippen molar-refractivity contribution in [3.8, 4) is 0 Å². The summed E-state index contributed by atoms with van der Waals surface area (Å²) in [6.07, 6.45) is 3.41. The molecule has 0 saturated carbocycles. The van der Waals surface area contributed by atoms with Gasteiger partial charge in [-0.3, -0.25) is 28.9 Å². The third-order valence-corrected chi connectivity index (χ3v) is 4.14. The summed E-state index contributed by atoms with van der Waals surface area (Å²) in [7, 11) is 0. The average Bonchev–Trinajstić information content (AvgIpc) is 3.21. The Labute approximate surface area is 154 Å². The fourth-order valence-electron chi connectivity index (χ4n) is 2.88. The monoisotopic (exact) mass is 361 g/mol. The maximum atomic E-state index is 12.3. The second-order valence-corrected chi connectivity index (χ2v) is 6.01. The summed E-state index contributed by atoms with van der Waals surface area (Å²) in [4.78, 5) is 42.0. The molecule has 27 heavy (non-hydrogen) atoms. The van der Waals surface area contributed by atoms with Crippen LogP contribution in [-0.4, -0.2) is 43.9 Å². The molecule has 3 heterocycles. The Hall–Kier alpha value is -3.81. The second-order valence-electron chi connectivity index (χ2n) is 6.01. The molecule has 134 valence electrons. The third kappa shape index (κ3) is 3.32. The first-order valence-electron chi connectivity index (χ1n) is 8.30. The number of fused-ring (bicyclic) bond motifs is 1. The largest absolute Gasteiger partial charge is 0.308 e. The van der Waals surface area contributed by atoms with Gasteiger partial charge in [0.15, 0.2) is 5.82 Å². The Bertz CT molecular complexity index is 994. The van der Waals surface area contributed by atoms with Gasteiger partial charge in [-0.15, -0.1) is 0 Å². The number of anilines is 1. The molecule has 3 amide bonds. The van der Waals surface area contributed by atoms with Crippen LogP contribution in [0.4, 0.5) is 5.82 Å². The van der Waals surface area contributed by atoms with Crippen molar-refractivity contribution in [1.29, 1.82) is 0 Å². The molecule has 2 aromatic heterocycles. The molecular formula is C19H15N5O3. The highest BCUT2D eigenvalue weighted by Crippen LogP contribution is 2.22. The maximum absolute atomic E-state index is 12.3. The van der Waals surface area contributed by atoms with Crippen LogP contribution in [0.1, 0.15) is 26.4 Å². The quantitative estimate of drug-likeness (QED) is 0.696. The van der Waals surface area contributed by atoms with Crippen LogP contribution in [-0.2, 0) is 11.3 Å². The number of nitrogens with one attached hydrogen (secondary N) is 1. The van der Waals surface area contributed by atoms with Crippen LogP contribution < -0.4 is 5.32 Å². The minimum Gasteiger partial charge on any atom is -0.308 e. The first kappa shape index (κ1) is 16.6. The molecule has 1 aliphatic rings. The minimum absolute atomic E-state index is 0.315. The van der Waals surface area contributed by atoms with Crippen LogP contribution in [0.2, 0.25) is 0 Å². The smallest absolute Gasteiger partial charge is 0.262 e. The van der Waals surface area contributed by atoms with Gasteiger partial charge in [0.1, 0.15) is 6.54 Å².